The number of carbonyl (C=O) groups excluding carboxylic acids is 1. The molecule has 24 heavy (non-hydrogen) atoms. The Morgan fingerprint density at radius 3 is 2.46 bits per heavy atom. The van der Waals surface area contributed by atoms with Crippen molar-refractivity contribution in [2.24, 2.45) is 0 Å². The fourth-order valence-electron chi connectivity index (χ4n) is 2.81. The molecular weight excluding hydrogens is 310 g/mol. The molecule has 1 amide bonds. The lowest BCUT2D eigenvalue weighted by atomic mass is 10.1. The Labute approximate surface area is 143 Å². The Balaban J connectivity index is 1.91. The van der Waals surface area contributed by atoms with E-state index in [2.05, 4.69) is 15.5 Å². The number of rotatable bonds is 8. The molecule has 1 aromatic rings. The summed E-state index contributed by atoms with van der Waals surface area (Å²) in [5.74, 6) is 1.17. The molecule has 1 aromatic carbocycles. The lowest BCUT2D eigenvalue weighted by Gasteiger charge is -2.27. The maximum Gasteiger partial charge on any atom is 0.255 e. The van der Waals surface area contributed by atoms with Gasteiger partial charge in [0.05, 0.1) is 26.9 Å². The van der Waals surface area contributed by atoms with Gasteiger partial charge in [0.25, 0.3) is 5.91 Å². The summed E-state index contributed by atoms with van der Waals surface area (Å²) in [7, 11) is 4.58. The van der Waals surface area contributed by atoms with E-state index in [4.69, 9.17) is 14.2 Å². The molecule has 1 heterocycles. The monoisotopic (exact) mass is 337 g/mol. The number of hydrogen-bond donors (Lipinski definition) is 2. The molecule has 1 aliphatic rings. The second-order valence-corrected chi connectivity index (χ2v) is 5.58. The van der Waals surface area contributed by atoms with Crippen LogP contribution >= 0.6 is 0 Å². The Bertz CT molecular complexity index is 545. The summed E-state index contributed by atoms with van der Waals surface area (Å²) in [6, 6.07) is 3.39. The Kier molecular flexibility index (Phi) is 7.14. The minimum atomic E-state index is -0.173. The van der Waals surface area contributed by atoms with Crippen LogP contribution in [0.3, 0.4) is 0 Å². The van der Waals surface area contributed by atoms with Crippen LogP contribution in [0.5, 0.6) is 17.2 Å². The molecule has 134 valence electrons. The molecule has 0 radical (unpaired) electrons. The van der Waals surface area contributed by atoms with E-state index in [-0.39, 0.29) is 5.91 Å². The summed E-state index contributed by atoms with van der Waals surface area (Å²) < 4.78 is 15.9. The topological polar surface area (TPSA) is 72.1 Å². The van der Waals surface area contributed by atoms with Crippen molar-refractivity contribution in [1.29, 1.82) is 0 Å². The third kappa shape index (κ3) is 4.52. The van der Waals surface area contributed by atoms with Crippen molar-refractivity contribution >= 4 is 5.91 Å². The van der Waals surface area contributed by atoms with Crippen molar-refractivity contribution in [2.75, 3.05) is 60.6 Å². The molecule has 1 saturated heterocycles. The van der Waals surface area contributed by atoms with Crippen molar-refractivity contribution in [3.05, 3.63) is 17.7 Å². The van der Waals surface area contributed by atoms with Crippen molar-refractivity contribution in [3.63, 3.8) is 0 Å². The third-order valence-electron chi connectivity index (χ3n) is 4.10. The Morgan fingerprint density at radius 1 is 1.12 bits per heavy atom. The van der Waals surface area contributed by atoms with Crippen LogP contribution in [0.2, 0.25) is 0 Å². The molecule has 0 aromatic heterocycles. The fourth-order valence-corrected chi connectivity index (χ4v) is 2.81. The van der Waals surface area contributed by atoms with Gasteiger partial charge in [0.1, 0.15) is 0 Å². The van der Waals surface area contributed by atoms with Gasteiger partial charge in [-0.1, -0.05) is 0 Å². The number of hydrogen-bond acceptors (Lipinski definition) is 6. The highest BCUT2D eigenvalue weighted by molar-refractivity contribution is 5.98. The molecule has 0 bridgehead atoms. The van der Waals surface area contributed by atoms with Crippen molar-refractivity contribution < 1.29 is 19.0 Å². The standard InChI is InChI=1S/C17H27N3O4/c1-22-14-6-5-13(15(23-2)16(14)24-3)17(21)19-7-4-10-20-11-8-18-9-12-20/h5-6,18H,4,7-12H2,1-3H3,(H,19,21). The van der Waals surface area contributed by atoms with Crippen molar-refractivity contribution in [1.82, 2.24) is 15.5 Å². The lowest BCUT2D eigenvalue weighted by molar-refractivity contribution is 0.0947. The van der Waals surface area contributed by atoms with E-state index in [0.29, 0.717) is 29.4 Å². The normalized spacial score (nSPS) is 15.0. The number of amides is 1. The smallest absolute Gasteiger partial charge is 0.255 e. The first kappa shape index (κ1) is 18.4. The molecule has 0 unspecified atom stereocenters. The maximum atomic E-state index is 12.4. The molecule has 7 heteroatoms. The summed E-state index contributed by atoms with van der Waals surface area (Å²) in [5, 5.41) is 6.27. The van der Waals surface area contributed by atoms with E-state index in [0.717, 1.165) is 39.1 Å². The number of piperazine rings is 1. The number of benzene rings is 1. The highest BCUT2D eigenvalue weighted by Crippen LogP contribution is 2.39. The lowest BCUT2D eigenvalue weighted by Crippen LogP contribution is -2.44. The maximum absolute atomic E-state index is 12.4. The summed E-state index contributed by atoms with van der Waals surface area (Å²) >= 11 is 0. The average Bonchev–Trinajstić information content (AvgIpc) is 2.64. The minimum Gasteiger partial charge on any atom is -0.493 e. The highest BCUT2D eigenvalue weighted by Gasteiger charge is 2.20. The zero-order chi connectivity index (χ0) is 17.4. The number of methoxy groups -OCH3 is 3. The van der Waals surface area contributed by atoms with Crippen LogP contribution in [-0.4, -0.2) is 71.4 Å². The molecule has 2 rings (SSSR count). The Hall–Kier alpha value is -1.99. The number of nitrogens with one attached hydrogen (secondary N) is 2. The van der Waals surface area contributed by atoms with Gasteiger partial charge in [-0.15, -0.1) is 0 Å². The molecule has 2 N–H and O–H groups in total. The van der Waals surface area contributed by atoms with Gasteiger partial charge in [-0.25, -0.2) is 0 Å². The van der Waals surface area contributed by atoms with Crippen LogP contribution in [0.15, 0.2) is 12.1 Å². The van der Waals surface area contributed by atoms with E-state index in [1.807, 2.05) is 0 Å². The van der Waals surface area contributed by atoms with Gasteiger partial charge in [-0.05, 0) is 25.1 Å². The summed E-state index contributed by atoms with van der Waals surface area (Å²) in [6.45, 7) is 5.82. The predicted octanol–water partition coefficient (Wildman–Crippen LogP) is 0.738. The average molecular weight is 337 g/mol. The summed E-state index contributed by atoms with van der Waals surface area (Å²) in [5.41, 5.74) is 0.442. The number of ether oxygens (including phenoxy) is 3. The van der Waals surface area contributed by atoms with E-state index >= 15 is 0 Å². The molecule has 1 aliphatic heterocycles. The molecule has 0 saturated carbocycles. The van der Waals surface area contributed by atoms with Gasteiger partial charge in [0.15, 0.2) is 11.5 Å². The van der Waals surface area contributed by atoms with Crippen LogP contribution in [0.4, 0.5) is 0 Å². The fraction of sp³-hybridized carbons (Fsp3) is 0.588. The SMILES string of the molecule is COc1ccc(C(=O)NCCCN2CCNCC2)c(OC)c1OC. The van der Waals surface area contributed by atoms with Gasteiger partial charge in [-0.2, -0.15) is 0 Å². The van der Waals surface area contributed by atoms with E-state index < -0.39 is 0 Å². The molecular formula is C17H27N3O4. The van der Waals surface area contributed by atoms with Crippen LogP contribution in [-0.2, 0) is 0 Å². The molecule has 0 aliphatic carbocycles. The van der Waals surface area contributed by atoms with Crippen LogP contribution in [0, 0.1) is 0 Å². The van der Waals surface area contributed by atoms with Gasteiger partial charge < -0.3 is 29.7 Å². The third-order valence-corrected chi connectivity index (χ3v) is 4.10. The quantitative estimate of drug-likeness (QED) is 0.682. The van der Waals surface area contributed by atoms with Gasteiger partial charge in [0.2, 0.25) is 5.75 Å². The van der Waals surface area contributed by atoms with Crippen molar-refractivity contribution in [2.45, 2.75) is 6.42 Å². The summed E-state index contributed by atoms with van der Waals surface area (Å²) in [4.78, 5) is 14.8. The van der Waals surface area contributed by atoms with Gasteiger partial charge in [-0.3, -0.25) is 4.79 Å². The second kappa shape index (κ2) is 9.34. The van der Waals surface area contributed by atoms with Crippen LogP contribution in [0.1, 0.15) is 16.8 Å². The first-order valence-corrected chi connectivity index (χ1v) is 8.21. The van der Waals surface area contributed by atoms with Crippen LogP contribution in [0.25, 0.3) is 0 Å². The predicted molar refractivity (Wildman–Crippen MR) is 92.4 cm³/mol. The first-order chi connectivity index (χ1) is 11.7. The number of nitrogens with zero attached hydrogens (tertiary/aromatic N) is 1. The van der Waals surface area contributed by atoms with E-state index in [9.17, 15) is 4.79 Å². The van der Waals surface area contributed by atoms with Gasteiger partial charge >= 0.3 is 0 Å². The second-order valence-electron chi connectivity index (χ2n) is 5.58. The first-order valence-electron chi connectivity index (χ1n) is 8.21. The van der Waals surface area contributed by atoms with E-state index in [1.165, 1.54) is 14.2 Å². The van der Waals surface area contributed by atoms with Gasteiger partial charge in [0, 0.05) is 32.7 Å². The zero-order valence-electron chi connectivity index (χ0n) is 14.7. The minimum absolute atomic E-state index is 0.173. The van der Waals surface area contributed by atoms with Crippen molar-refractivity contribution in [3.8, 4) is 17.2 Å². The highest BCUT2D eigenvalue weighted by atomic mass is 16.5. The molecule has 0 atom stereocenters. The molecule has 1 fully saturated rings. The largest absolute Gasteiger partial charge is 0.493 e. The van der Waals surface area contributed by atoms with Crippen LogP contribution < -0.4 is 24.8 Å². The zero-order valence-corrected chi connectivity index (χ0v) is 14.7. The summed E-state index contributed by atoms with van der Waals surface area (Å²) in [6.07, 6.45) is 0.918. The molecule has 0 spiro atoms. The Morgan fingerprint density at radius 2 is 1.83 bits per heavy atom. The van der Waals surface area contributed by atoms with E-state index in [1.54, 1.807) is 19.2 Å². The number of carbonyl (C=O) groups is 1. The molecule has 7 nitrogen and oxygen atoms in total.